The standard InChI is InChI=1S/C79H144O16P2/c1-4-7-10-13-16-19-22-24-26-27-28-29-30-31-32-33-34-35-36-37-38-39-40-41-42-43-44-45-47-49-51-53-56-59-62-65-77(82)89-68-74(80)69-91-96(85,86)92-70-75(81)71-93-97(87,88)94-73-76(95-79(84)67-64-61-58-55-50-21-18-15-12-9-6-3)72-90-78(83)66-63-60-57-54-52-48-46-25-23-20-17-14-11-8-5-2/h7,10,16,19,24,26,28-29,31-32,34-35,74-76,80-81H,4-6,8-9,11-15,17-18,20-23,25,27,30,33,36-73H2,1-3H3,(H,85,86)(H,87,88)/b10-7-,19-16-,26-24-,29-28-,32-31-,35-34-. The highest BCUT2D eigenvalue weighted by molar-refractivity contribution is 7.47. The molecule has 0 heterocycles. The molecule has 0 saturated carbocycles. The minimum absolute atomic E-state index is 0.113. The summed E-state index contributed by atoms with van der Waals surface area (Å²) < 4.78 is 61.0. The smallest absolute Gasteiger partial charge is 0.463 e. The topological polar surface area (TPSA) is 231 Å². The first-order chi connectivity index (χ1) is 47.2. The molecule has 0 spiro atoms. The van der Waals surface area contributed by atoms with Gasteiger partial charge in [-0.25, -0.2) is 9.13 Å². The van der Waals surface area contributed by atoms with E-state index < -0.39 is 91.5 Å². The van der Waals surface area contributed by atoms with E-state index in [1.165, 1.54) is 193 Å². The fourth-order valence-corrected chi connectivity index (χ4v) is 12.6. The summed E-state index contributed by atoms with van der Waals surface area (Å²) >= 11 is 0. The largest absolute Gasteiger partial charge is 0.472 e. The van der Waals surface area contributed by atoms with Crippen molar-refractivity contribution in [3.63, 3.8) is 0 Å². The SMILES string of the molecule is CC/C=C\C/C=C\C/C=C\C/C=C\C/C=C\C/C=C\CCCCCCCCCCCCCCCCCCC(=O)OCC(O)COP(=O)(O)OCC(O)COP(=O)(O)OCC(COC(=O)CCCCCCCCCCCCCCCCC)OC(=O)CCCCCCCCCCCCC. The van der Waals surface area contributed by atoms with Gasteiger partial charge in [0.05, 0.1) is 26.4 Å². The monoisotopic (exact) mass is 1410 g/mol. The Hall–Kier alpha value is -3.01. The predicted molar refractivity (Wildman–Crippen MR) is 399 cm³/mol. The Labute approximate surface area is 592 Å². The number of phosphoric ester groups is 2. The van der Waals surface area contributed by atoms with Crippen LogP contribution in [0.5, 0.6) is 0 Å². The van der Waals surface area contributed by atoms with E-state index in [1.807, 2.05) is 0 Å². The minimum atomic E-state index is -4.91. The van der Waals surface area contributed by atoms with Crippen LogP contribution in [0, 0.1) is 0 Å². The van der Waals surface area contributed by atoms with Gasteiger partial charge in [-0.3, -0.25) is 32.5 Å². The van der Waals surface area contributed by atoms with Crippen LogP contribution >= 0.6 is 15.6 Å². The molecule has 0 aromatic carbocycles. The molecule has 5 unspecified atom stereocenters. The zero-order valence-electron chi connectivity index (χ0n) is 61.8. The second kappa shape index (κ2) is 72.8. The van der Waals surface area contributed by atoms with Crippen LogP contribution in [0.3, 0.4) is 0 Å². The summed E-state index contributed by atoms with van der Waals surface area (Å²) in [5, 5.41) is 20.6. The Kier molecular flexibility index (Phi) is 70.5. The number of phosphoric acid groups is 2. The molecule has 0 amide bonds. The maximum absolute atomic E-state index is 12.9. The molecule has 4 N–H and O–H groups in total. The summed E-state index contributed by atoms with van der Waals surface area (Å²) in [6.07, 6.45) is 79.8. The number of hydrogen-bond acceptors (Lipinski definition) is 14. The fraction of sp³-hybridized carbons (Fsp3) is 0.810. The van der Waals surface area contributed by atoms with Gasteiger partial charge in [-0.2, -0.15) is 0 Å². The van der Waals surface area contributed by atoms with E-state index in [2.05, 4.69) is 93.7 Å². The normalized spacial score (nSPS) is 14.4. The number of unbranched alkanes of at least 4 members (excludes halogenated alkanes) is 40. The first-order valence-electron chi connectivity index (χ1n) is 39.2. The molecule has 0 saturated heterocycles. The number of allylic oxidation sites excluding steroid dienone is 12. The third kappa shape index (κ3) is 74.0. The van der Waals surface area contributed by atoms with E-state index in [0.29, 0.717) is 19.3 Å². The van der Waals surface area contributed by atoms with Crippen LogP contribution in [0.1, 0.15) is 355 Å². The summed E-state index contributed by atoms with van der Waals surface area (Å²) in [7, 11) is -9.76. The lowest BCUT2D eigenvalue weighted by molar-refractivity contribution is -0.161. The van der Waals surface area contributed by atoms with E-state index >= 15 is 0 Å². The fourth-order valence-electron chi connectivity index (χ4n) is 11.0. The Morgan fingerprint density at radius 1 is 0.299 bits per heavy atom. The van der Waals surface area contributed by atoms with E-state index in [9.17, 15) is 43.5 Å². The van der Waals surface area contributed by atoms with Crippen LogP contribution in [0.25, 0.3) is 0 Å². The lowest BCUT2D eigenvalue weighted by Crippen LogP contribution is -2.30. The van der Waals surface area contributed by atoms with Crippen molar-refractivity contribution in [1.29, 1.82) is 0 Å². The zero-order valence-corrected chi connectivity index (χ0v) is 63.5. The molecule has 566 valence electrons. The Morgan fingerprint density at radius 3 is 0.866 bits per heavy atom. The van der Waals surface area contributed by atoms with Crippen molar-refractivity contribution >= 4 is 33.6 Å². The summed E-state index contributed by atoms with van der Waals surface area (Å²) in [5.74, 6) is -1.55. The molecule has 5 atom stereocenters. The number of carbonyl (C=O) groups excluding carboxylic acids is 3. The van der Waals surface area contributed by atoms with Crippen LogP contribution < -0.4 is 0 Å². The number of esters is 3. The van der Waals surface area contributed by atoms with Crippen molar-refractivity contribution < 1.29 is 75.8 Å². The number of ether oxygens (including phenoxy) is 3. The van der Waals surface area contributed by atoms with E-state index in [-0.39, 0.29) is 19.3 Å². The van der Waals surface area contributed by atoms with Gasteiger partial charge < -0.3 is 34.2 Å². The van der Waals surface area contributed by atoms with Gasteiger partial charge in [0.15, 0.2) is 6.10 Å². The molecule has 18 heteroatoms. The van der Waals surface area contributed by atoms with E-state index in [1.54, 1.807) is 0 Å². The summed E-state index contributed by atoms with van der Waals surface area (Å²) in [5.41, 5.74) is 0. The van der Waals surface area contributed by atoms with Gasteiger partial charge in [0, 0.05) is 19.3 Å². The van der Waals surface area contributed by atoms with Crippen molar-refractivity contribution in [3.8, 4) is 0 Å². The maximum Gasteiger partial charge on any atom is 0.472 e. The van der Waals surface area contributed by atoms with Gasteiger partial charge in [-0.1, -0.05) is 338 Å². The third-order valence-corrected chi connectivity index (χ3v) is 18.8. The van der Waals surface area contributed by atoms with Crippen LogP contribution in [-0.4, -0.2) is 95.9 Å². The van der Waals surface area contributed by atoms with Crippen molar-refractivity contribution in [2.45, 2.75) is 373 Å². The molecule has 0 radical (unpaired) electrons. The molecular weight excluding hydrogens is 1270 g/mol. The number of aliphatic hydroxyl groups excluding tert-OH is 2. The first-order valence-corrected chi connectivity index (χ1v) is 42.2. The van der Waals surface area contributed by atoms with Gasteiger partial charge in [-0.05, 0) is 70.6 Å². The lowest BCUT2D eigenvalue weighted by Gasteiger charge is -2.21. The highest BCUT2D eigenvalue weighted by atomic mass is 31.2. The van der Waals surface area contributed by atoms with Crippen LogP contribution in [-0.2, 0) is 55.8 Å². The predicted octanol–water partition coefficient (Wildman–Crippen LogP) is 22.7. The quantitative estimate of drug-likeness (QED) is 0.0146. The number of rotatable bonds is 75. The summed E-state index contributed by atoms with van der Waals surface area (Å²) in [6.45, 7) is 2.61. The van der Waals surface area contributed by atoms with Crippen molar-refractivity contribution in [2.75, 3.05) is 39.6 Å². The van der Waals surface area contributed by atoms with Gasteiger partial charge >= 0.3 is 33.6 Å². The molecule has 0 aliphatic carbocycles. The van der Waals surface area contributed by atoms with Crippen molar-refractivity contribution in [3.05, 3.63) is 72.9 Å². The molecule has 0 aliphatic heterocycles. The molecule has 0 aromatic rings. The molecule has 0 rings (SSSR count). The zero-order chi connectivity index (χ0) is 70.9. The van der Waals surface area contributed by atoms with E-state index in [4.69, 9.17) is 32.3 Å². The summed E-state index contributed by atoms with van der Waals surface area (Å²) in [6, 6.07) is 0. The lowest BCUT2D eigenvalue weighted by atomic mass is 10.0. The third-order valence-electron chi connectivity index (χ3n) is 16.9. The second-order valence-corrected chi connectivity index (χ2v) is 29.4. The van der Waals surface area contributed by atoms with Crippen LogP contribution in [0.15, 0.2) is 72.9 Å². The number of hydrogen-bond donors (Lipinski definition) is 4. The maximum atomic E-state index is 12.9. The molecule has 0 aromatic heterocycles. The molecule has 0 aliphatic rings. The second-order valence-electron chi connectivity index (χ2n) is 26.5. The van der Waals surface area contributed by atoms with Gasteiger partial charge in [-0.15, -0.1) is 0 Å². The van der Waals surface area contributed by atoms with Crippen molar-refractivity contribution in [1.82, 2.24) is 0 Å². The first kappa shape index (κ1) is 94.0. The Bertz CT molecular complexity index is 2060. The van der Waals surface area contributed by atoms with Crippen LogP contribution in [0.4, 0.5) is 0 Å². The highest BCUT2D eigenvalue weighted by Crippen LogP contribution is 2.45. The number of carbonyl (C=O) groups is 3. The molecule has 0 bridgehead atoms. The molecule has 0 fully saturated rings. The highest BCUT2D eigenvalue weighted by Gasteiger charge is 2.29. The van der Waals surface area contributed by atoms with Gasteiger partial charge in [0.2, 0.25) is 0 Å². The van der Waals surface area contributed by atoms with Crippen molar-refractivity contribution in [2.24, 2.45) is 0 Å². The minimum Gasteiger partial charge on any atom is -0.463 e. The Balaban J connectivity index is 4.27. The number of aliphatic hydroxyl groups is 2. The van der Waals surface area contributed by atoms with Crippen LogP contribution in [0.2, 0.25) is 0 Å². The average Bonchev–Trinajstić information content (AvgIpc) is 2.25. The van der Waals surface area contributed by atoms with E-state index in [0.717, 1.165) is 103 Å². The molecular formula is C79H144O16P2. The molecule has 97 heavy (non-hydrogen) atoms. The van der Waals surface area contributed by atoms with Gasteiger partial charge in [0.1, 0.15) is 25.4 Å². The average molecular weight is 1410 g/mol. The molecule has 16 nitrogen and oxygen atoms in total. The summed E-state index contributed by atoms with van der Waals surface area (Å²) in [4.78, 5) is 58.4. The Morgan fingerprint density at radius 2 is 0.546 bits per heavy atom. The van der Waals surface area contributed by atoms with Gasteiger partial charge in [0.25, 0.3) is 0 Å².